The smallest absolute Gasteiger partial charge is 0.315 e. The SMILES string of the molecule is O=C(NCC(O)c1ccc(F)cc1)NC1CCN(C2CC2)CC1. The Hall–Kier alpha value is -1.66. The van der Waals surface area contributed by atoms with Crippen molar-refractivity contribution < 1.29 is 14.3 Å². The van der Waals surface area contributed by atoms with E-state index in [1.807, 2.05) is 0 Å². The molecule has 1 aromatic carbocycles. The molecule has 2 fully saturated rings. The third-order valence-corrected chi connectivity index (χ3v) is 4.64. The fourth-order valence-corrected chi connectivity index (χ4v) is 3.08. The predicted molar refractivity (Wildman–Crippen MR) is 85.5 cm³/mol. The molecule has 3 rings (SSSR count). The van der Waals surface area contributed by atoms with Gasteiger partial charge in [0.15, 0.2) is 0 Å². The topological polar surface area (TPSA) is 64.6 Å². The highest BCUT2D eigenvalue weighted by Gasteiger charge is 2.32. The van der Waals surface area contributed by atoms with E-state index in [0.717, 1.165) is 32.0 Å². The summed E-state index contributed by atoms with van der Waals surface area (Å²) in [4.78, 5) is 14.4. The molecule has 23 heavy (non-hydrogen) atoms. The number of hydrogen-bond donors (Lipinski definition) is 3. The maximum Gasteiger partial charge on any atom is 0.315 e. The number of nitrogens with one attached hydrogen (secondary N) is 2. The summed E-state index contributed by atoms with van der Waals surface area (Å²) in [5.74, 6) is -0.343. The van der Waals surface area contributed by atoms with Gasteiger partial charge in [-0.1, -0.05) is 12.1 Å². The van der Waals surface area contributed by atoms with Crippen molar-refractivity contribution in [2.24, 2.45) is 0 Å². The van der Waals surface area contributed by atoms with Crippen LogP contribution in [-0.2, 0) is 0 Å². The zero-order chi connectivity index (χ0) is 16.2. The molecule has 1 aliphatic carbocycles. The fraction of sp³-hybridized carbons (Fsp3) is 0.588. The third kappa shape index (κ3) is 4.65. The van der Waals surface area contributed by atoms with Gasteiger partial charge in [-0.15, -0.1) is 0 Å². The minimum atomic E-state index is -0.835. The van der Waals surface area contributed by atoms with Crippen molar-refractivity contribution in [1.82, 2.24) is 15.5 Å². The largest absolute Gasteiger partial charge is 0.387 e. The standard InChI is InChI=1S/C17H24FN3O2/c18-13-3-1-12(2-4-13)16(22)11-19-17(23)20-14-7-9-21(10-8-14)15-5-6-15/h1-4,14-16,22H,5-11H2,(H2,19,20,23). The molecule has 2 aliphatic rings. The summed E-state index contributed by atoms with van der Waals surface area (Å²) in [6.07, 6.45) is 3.76. The van der Waals surface area contributed by atoms with Crippen molar-refractivity contribution in [2.75, 3.05) is 19.6 Å². The molecule has 1 saturated carbocycles. The number of aliphatic hydroxyl groups excluding tert-OH is 1. The van der Waals surface area contributed by atoms with Crippen molar-refractivity contribution >= 4 is 6.03 Å². The van der Waals surface area contributed by atoms with Crippen molar-refractivity contribution in [3.8, 4) is 0 Å². The highest BCUT2D eigenvalue weighted by Crippen LogP contribution is 2.29. The number of carbonyl (C=O) groups excluding carboxylic acids is 1. The molecule has 2 amide bonds. The minimum absolute atomic E-state index is 0.110. The minimum Gasteiger partial charge on any atom is -0.387 e. The molecule has 1 atom stereocenters. The van der Waals surface area contributed by atoms with Crippen LogP contribution in [0.3, 0.4) is 0 Å². The second-order valence-electron chi connectivity index (χ2n) is 6.46. The number of halogens is 1. The molecular weight excluding hydrogens is 297 g/mol. The van der Waals surface area contributed by atoms with Gasteiger partial charge < -0.3 is 20.6 Å². The maximum absolute atomic E-state index is 12.8. The lowest BCUT2D eigenvalue weighted by molar-refractivity contribution is 0.167. The average molecular weight is 321 g/mol. The van der Waals surface area contributed by atoms with E-state index in [2.05, 4.69) is 15.5 Å². The zero-order valence-corrected chi connectivity index (χ0v) is 13.2. The predicted octanol–water partition coefficient (Wildman–Crippen LogP) is 1.79. The molecule has 1 saturated heterocycles. The number of piperidine rings is 1. The first kappa shape index (κ1) is 16.2. The molecule has 0 bridgehead atoms. The maximum atomic E-state index is 12.8. The monoisotopic (exact) mass is 321 g/mol. The number of nitrogens with zero attached hydrogens (tertiary/aromatic N) is 1. The van der Waals surface area contributed by atoms with Crippen LogP contribution in [0.25, 0.3) is 0 Å². The van der Waals surface area contributed by atoms with Crippen molar-refractivity contribution in [3.05, 3.63) is 35.6 Å². The average Bonchev–Trinajstić information content (AvgIpc) is 3.39. The van der Waals surface area contributed by atoms with Gasteiger partial charge in [0.1, 0.15) is 5.82 Å². The number of likely N-dealkylation sites (tertiary alicyclic amines) is 1. The van der Waals surface area contributed by atoms with E-state index in [9.17, 15) is 14.3 Å². The van der Waals surface area contributed by atoms with Crippen LogP contribution < -0.4 is 10.6 Å². The number of hydrogen-bond acceptors (Lipinski definition) is 3. The molecule has 6 heteroatoms. The Morgan fingerprint density at radius 2 is 1.87 bits per heavy atom. The van der Waals surface area contributed by atoms with Crippen LogP contribution in [0.4, 0.5) is 9.18 Å². The van der Waals surface area contributed by atoms with Gasteiger partial charge in [0, 0.05) is 31.7 Å². The van der Waals surface area contributed by atoms with Gasteiger partial charge in [0.25, 0.3) is 0 Å². The summed E-state index contributed by atoms with van der Waals surface area (Å²) < 4.78 is 12.8. The van der Waals surface area contributed by atoms with E-state index >= 15 is 0 Å². The third-order valence-electron chi connectivity index (χ3n) is 4.64. The molecule has 0 spiro atoms. The van der Waals surface area contributed by atoms with Crippen LogP contribution in [0.1, 0.15) is 37.4 Å². The molecule has 126 valence electrons. The Labute approximate surface area is 135 Å². The van der Waals surface area contributed by atoms with Gasteiger partial charge in [-0.2, -0.15) is 0 Å². The number of urea groups is 1. The number of aliphatic hydroxyl groups is 1. The van der Waals surface area contributed by atoms with Gasteiger partial charge in [-0.3, -0.25) is 0 Å². The van der Waals surface area contributed by atoms with E-state index in [4.69, 9.17) is 0 Å². The van der Waals surface area contributed by atoms with Crippen molar-refractivity contribution in [3.63, 3.8) is 0 Å². The fourth-order valence-electron chi connectivity index (χ4n) is 3.08. The molecule has 1 heterocycles. The summed E-state index contributed by atoms with van der Waals surface area (Å²) in [6, 6.07) is 6.37. The summed E-state index contributed by atoms with van der Waals surface area (Å²) in [5, 5.41) is 15.6. The van der Waals surface area contributed by atoms with E-state index in [1.54, 1.807) is 0 Å². The summed E-state index contributed by atoms with van der Waals surface area (Å²) in [7, 11) is 0. The lowest BCUT2D eigenvalue weighted by Crippen LogP contribution is -2.48. The summed E-state index contributed by atoms with van der Waals surface area (Å²) in [5.41, 5.74) is 0.587. The first-order valence-corrected chi connectivity index (χ1v) is 8.34. The normalized spacial score (nSPS) is 21.0. The second-order valence-corrected chi connectivity index (χ2v) is 6.46. The lowest BCUT2D eigenvalue weighted by Gasteiger charge is -2.32. The van der Waals surface area contributed by atoms with Crippen LogP contribution in [-0.4, -0.2) is 47.8 Å². The summed E-state index contributed by atoms with van der Waals surface area (Å²) in [6.45, 7) is 2.21. The first-order chi connectivity index (χ1) is 11.1. The highest BCUT2D eigenvalue weighted by molar-refractivity contribution is 5.74. The molecule has 1 aliphatic heterocycles. The lowest BCUT2D eigenvalue weighted by atomic mass is 10.1. The molecule has 5 nitrogen and oxygen atoms in total. The number of amides is 2. The van der Waals surface area contributed by atoms with Crippen LogP contribution in [0, 0.1) is 5.82 Å². The van der Waals surface area contributed by atoms with Gasteiger partial charge in [-0.25, -0.2) is 9.18 Å². The Kier molecular flexibility index (Phi) is 5.13. The Bertz CT molecular complexity index is 525. The van der Waals surface area contributed by atoms with Crippen LogP contribution in [0.15, 0.2) is 24.3 Å². The van der Waals surface area contributed by atoms with E-state index in [0.29, 0.717) is 5.56 Å². The van der Waals surface area contributed by atoms with E-state index in [1.165, 1.54) is 37.1 Å². The van der Waals surface area contributed by atoms with Gasteiger partial charge in [0.2, 0.25) is 0 Å². The van der Waals surface area contributed by atoms with Gasteiger partial charge in [-0.05, 0) is 43.4 Å². The van der Waals surface area contributed by atoms with Crippen molar-refractivity contribution in [2.45, 2.75) is 43.9 Å². The van der Waals surface area contributed by atoms with Crippen molar-refractivity contribution in [1.29, 1.82) is 0 Å². The van der Waals surface area contributed by atoms with Crippen LogP contribution in [0.5, 0.6) is 0 Å². The molecule has 1 unspecified atom stereocenters. The first-order valence-electron chi connectivity index (χ1n) is 8.34. The highest BCUT2D eigenvalue weighted by atomic mass is 19.1. The number of carbonyl (C=O) groups is 1. The van der Waals surface area contributed by atoms with E-state index < -0.39 is 6.10 Å². The van der Waals surface area contributed by atoms with Crippen LogP contribution in [0.2, 0.25) is 0 Å². The summed E-state index contributed by atoms with van der Waals surface area (Å²) >= 11 is 0. The number of benzene rings is 1. The van der Waals surface area contributed by atoms with E-state index in [-0.39, 0.29) is 24.4 Å². The molecule has 0 radical (unpaired) electrons. The van der Waals surface area contributed by atoms with Crippen LogP contribution >= 0.6 is 0 Å². The molecular formula is C17H24FN3O2. The van der Waals surface area contributed by atoms with Gasteiger partial charge >= 0.3 is 6.03 Å². The number of rotatable bonds is 5. The quantitative estimate of drug-likeness (QED) is 0.775. The second kappa shape index (κ2) is 7.27. The zero-order valence-electron chi connectivity index (χ0n) is 13.2. The molecule has 3 N–H and O–H groups in total. The molecule has 0 aromatic heterocycles. The Morgan fingerprint density at radius 3 is 2.48 bits per heavy atom. The Balaban J connectivity index is 1.36. The molecule has 1 aromatic rings. The van der Waals surface area contributed by atoms with Gasteiger partial charge in [0.05, 0.1) is 6.10 Å². The Morgan fingerprint density at radius 1 is 1.22 bits per heavy atom.